The Balaban J connectivity index is 4.43. The number of rotatable bonds is 4. The molecular formula is C8H12F3NO3. The average molecular weight is 227 g/mol. The highest BCUT2D eigenvalue weighted by Crippen LogP contribution is 2.15. The van der Waals surface area contributed by atoms with Crippen molar-refractivity contribution < 1.29 is 27.9 Å². The predicted octanol–water partition coefficient (Wildman–Crippen LogP) is 1.16. The number of amides is 1. The molecule has 0 unspecified atom stereocenters. The zero-order valence-corrected chi connectivity index (χ0v) is 8.26. The number of nitrogens with one attached hydrogen (secondary N) is 1. The Morgan fingerprint density at radius 1 is 1.33 bits per heavy atom. The fraction of sp³-hybridized carbons (Fsp3) is 0.750. The third-order valence-corrected chi connectivity index (χ3v) is 1.57. The zero-order valence-electron chi connectivity index (χ0n) is 8.26. The van der Waals surface area contributed by atoms with Gasteiger partial charge in [-0.2, -0.15) is 13.2 Å². The number of carbonyl (C=O) groups excluding carboxylic acids is 1. The second-order valence-electron chi connectivity index (χ2n) is 3.49. The first kappa shape index (κ1) is 13.7. The summed E-state index contributed by atoms with van der Waals surface area (Å²) in [6.07, 6.45) is -5.10. The van der Waals surface area contributed by atoms with E-state index in [1.165, 1.54) is 5.32 Å². The summed E-state index contributed by atoms with van der Waals surface area (Å²) in [4.78, 5) is 21.0. The second kappa shape index (κ2) is 4.99. The standard InChI is InChI=1S/C8H12F3NO3/c1-4(2)3-5(6(13)14)12-7(15)8(9,10)11/h4-5H,3H2,1-2H3,(H,12,15)(H,13,14)/t5-/m0/s1. The maximum atomic E-state index is 11.8. The zero-order chi connectivity index (χ0) is 12.2. The van der Waals surface area contributed by atoms with Gasteiger partial charge in [0.25, 0.3) is 0 Å². The van der Waals surface area contributed by atoms with Gasteiger partial charge in [-0.15, -0.1) is 0 Å². The van der Waals surface area contributed by atoms with Crippen LogP contribution in [0.1, 0.15) is 20.3 Å². The van der Waals surface area contributed by atoms with E-state index in [1.54, 1.807) is 13.8 Å². The molecule has 0 aliphatic heterocycles. The average Bonchev–Trinajstić information content (AvgIpc) is 1.99. The highest BCUT2D eigenvalue weighted by Gasteiger charge is 2.40. The number of hydrogen-bond acceptors (Lipinski definition) is 2. The molecule has 0 aromatic rings. The Labute approximate surface area is 84.5 Å². The van der Waals surface area contributed by atoms with Crippen molar-refractivity contribution in [3.63, 3.8) is 0 Å². The number of carboxylic acid groups (broad SMARTS) is 1. The summed E-state index contributed by atoms with van der Waals surface area (Å²) in [6.45, 7) is 3.30. The number of carboxylic acids is 1. The molecule has 0 bridgehead atoms. The minimum atomic E-state index is -5.05. The quantitative estimate of drug-likeness (QED) is 0.757. The molecule has 0 heterocycles. The van der Waals surface area contributed by atoms with Gasteiger partial charge in [-0.25, -0.2) is 4.79 Å². The van der Waals surface area contributed by atoms with Crippen LogP contribution in [-0.4, -0.2) is 29.2 Å². The van der Waals surface area contributed by atoms with Crippen molar-refractivity contribution in [2.75, 3.05) is 0 Å². The smallest absolute Gasteiger partial charge is 0.471 e. The molecule has 0 spiro atoms. The first-order valence-corrected chi connectivity index (χ1v) is 4.25. The van der Waals surface area contributed by atoms with Gasteiger partial charge in [0.1, 0.15) is 6.04 Å². The van der Waals surface area contributed by atoms with Crippen molar-refractivity contribution in [2.24, 2.45) is 5.92 Å². The maximum Gasteiger partial charge on any atom is 0.471 e. The van der Waals surface area contributed by atoms with E-state index in [-0.39, 0.29) is 12.3 Å². The summed E-state index contributed by atoms with van der Waals surface area (Å²) in [7, 11) is 0. The monoisotopic (exact) mass is 227 g/mol. The van der Waals surface area contributed by atoms with Crippen molar-refractivity contribution in [1.29, 1.82) is 0 Å². The third-order valence-electron chi connectivity index (χ3n) is 1.57. The minimum Gasteiger partial charge on any atom is -0.480 e. The molecule has 1 atom stereocenters. The molecule has 7 heteroatoms. The molecule has 0 aromatic carbocycles. The number of alkyl halides is 3. The lowest BCUT2D eigenvalue weighted by atomic mass is 10.0. The van der Waals surface area contributed by atoms with E-state index in [2.05, 4.69) is 0 Å². The molecule has 1 amide bonds. The number of aliphatic carboxylic acids is 1. The lowest BCUT2D eigenvalue weighted by molar-refractivity contribution is -0.175. The van der Waals surface area contributed by atoms with Crippen LogP contribution < -0.4 is 5.32 Å². The Morgan fingerprint density at radius 2 is 1.80 bits per heavy atom. The van der Waals surface area contributed by atoms with Crippen molar-refractivity contribution >= 4 is 11.9 Å². The maximum absolute atomic E-state index is 11.8. The summed E-state index contributed by atoms with van der Waals surface area (Å²) in [5.41, 5.74) is 0. The molecule has 0 radical (unpaired) electrons. The topological polar surface area (TPSA) is 66.4 Å². The summed E-state index contributed by atoms with van der Waals surface area (Å²) in [5, 5.41) is 9.98. The van der Waals surface area contributed by atoms with Crippen LogP contribution in [0.25, 0.3) is 0 Å². The highest BCUT2D eigenvalue weighted by atomic mass is 19.4. The van der Waals surface area contributed by atoms with Crippen molar-refractivity contribution in [3.8, 4) is 0 Å². The molecule has 0 aromatic heterocycles. The van der Waals surface area contributed by atoms with E-state index in [1.807, 2.05) is 0 Å². The first-order valence-electron chi connectivity index (χ1n) is 4.25. The minimum absolute atomic E-state index is 0.0445. The van der Waals surface area contributed by atoms with Gasteiger partial charge in [-0.1, -0.05) is 13.8 Å². The van der Waals surface area contributed by atoms with Gasteiger partial charge in [0.2, 0.25) is 0 Å². The van der Waals surface area contributed by atoms with E-state index in [0.717, 1.165) is 0 Å². The van der Waals surface area contributed by atoms with Crippen molar-refractivity contribution in [2.45, 2.75) is 32.5 Å². The van der Waals surface area contributed by atoms with Gasteiger partial charge < -0.3 is 10.4 Å². The van der Waals surface area contributed by atoms with Crippen molar-refractivity contribution in [3.05, 3.63) is 0 Å². The number of hydrogen-bond donors (Lipinski definition) is 2. The Morgan fingerprint density at radius 3 is 2.07 bits per heavy atom. The molecule has 0 aliphatic rings. The summed E-state index contributed by atoms with van der Waals surface area (Å²) in [5.74, 6) is -3.82. The van der Waals surface area contributed by atoms with E-state index in [9.17, 15) is 22.8 Å². The molecule has 2 N–H and O–H groups in total. The Kier molecular flexibility index (Phi) is 4.57. The molecular weight excluding hydrogens is 215 g/mol. The van der Waals surface area contributed by atoms with Gasteiger partial charge in [0, 0.05) is 0 Å². The summed E-state index contributed by atoms with van der Waals surface area (Å²) in [6, 6.07) is -1.50. The number of carbonyl (C=O) groups is 2. The van der Waals surface area contributed by atoms with Crippen LogP contribution in [-0.2, 0) is 9.59 Å². The fourth-order valence-electron chi connectivity index (χ4n) is 0.933. The van der Waals surface area contributed by atoms with Gasteiger partial charge >= 0.3 is 18.1 Å². The molecule has 88 valence electrons. The molecule has 15 heavy (non-hydrogen) atoms. The van der Waals surface area contributed by atoms with Crippen LogP contribution in [0.15, 0.2) is 0 Å². The first-order chi connectivity index (χ1) is 6.64. The molecule has 0 aliphatic carbocycles. The third kappa shape index (κ3) is 5.24. The van der Waals surface area contributed by atoms with Gasteiger partial charge in [-0.05, 0) is 12.3 Å². The normalized spacial score (nSPS) is 13.7. The molecule has 4 nitrogen and oxygen atoms in total. The Bertz CT molecular complexity index is 250. The molecule has 0 fully saturated rings. The van der Waals surface area contributed by atoms with E-state index in [4.69, 9.17) is 5.11 Å². The molecule has 0 saturated heterocycles. The van der Waals surface area contributed by atoms with Crippen LogP contribution in [0.2, 0.25) is 0 Å². The second-order valence-corrected chi connectivity index (χ2v) is 3.49. The number of halogens is 3. The van der Waals surface area contributed by atoms with Crippen LogP contribution in [0, 0.1) is 5.92 Å². The lowest BCUT2D eigenvalue weighted by Gasteiger charge is -2.17. The van der Waals surface area contributed by atoms with Gasteiger partial charge in [0.15, 0.2) is 0 Å². The van der Waals surface area contributed by atoms with Crippen LogP contribution in [0.5, 0.6) is 0 Å². The van der Waals surface area contributed by atoms with Crippen LogP contribution in [0.4, 0.5) is 13.2 Å². The van der Waals surface area contributed by atoms with E-state index >= 15 is 0 Å². The Hall–Kier alpha value is -1.27. The predicted molar refractivity (Wildman–Crippen MR) is 45.1 cm³/mol. The van der Waals surface area contributed by atoms with Crippen molar-refractivity contribution in [1.82, 2.24) is 5.32 Å². The SMILES string of the molecule is CC(C)C[C@H](NC(=O)C(F)(F)F)C(=O)O. The molecule has 0 saturated carbocycles. The summed E-state index contributed by atoms with van der Waals surface area (Å²) < 4.78 is 35.4. The van der Waals surface area contributed by atoms with E-state index < -0.39 is 24.1 Å². The van der Waals surface area contributed by atoms with Crippen LogP contribution in [0.3, 0.4) is 0 Å². The summed E-state index contributed by atoms with van der Waals surface area (Å²) >= 11 is 0. The van der Waals surface area contributed by atoms with E-state index in [0.29, 0.717) is 0 Å². The largest absolute Gasteiger partial charge is 0.480 e. The highest BCUT2D eigenvalue weighted by molar-refractivity contribution is 5.86. The fourth-order valence-corrected chi connectivity index (χ4v) is 0.933. The van der Waals surface area contributed by atoms with Crippen LogP contribution >= 0.6 is 0 Å². The lowest BCUT2D eigenvalue weighted by Crippen LogP contribution is -2.47. The molecule has 0 rings (SSSR count). The van der Waals surface area contributed by atoms with Gasteiger partial charge in [0.05, 0.1) is 0 Å². The van der Waals surface area contributed by atoms with Gasteiger partial charge in [-0.3, -0.25) is 4.79 Å².